The zero-order chi connectivity index (χ0) is 9.98. The third-order valence-corrected chi connectivity index (χ3v) is 6.97. The van der Waals surface area contributed by atoms with Crippen molar-refractivity contribution in [2.24, 2.45) is 16.7 Å². The van der Waals surface area contributed by atoms with E-state index in [9.17, 15) is 8.42 Å². The number of hydrogen-bond donors (Lipinski definition) is 0. The second kappa shape index (κ2) is 1.58. The largest absolute Gasteiger partial charge is 0.254 e. The van der Waals surface area contributed by atoms with E-state index in [1.165, 1.54) is 4.47 Å². The van der Waals surface area contributed by atoms with E-state index in [0.717, 1.165) is 12.8 Å². The number of fused-ring (bicyclic) bond motifs is 1. The van der Waals surface area contributed by atoms with Crippen LogP contribution in [0.3, 0.4) is 0 Å². The van der Waals surface area contributed by atoms with E-state index in [2.05, 4.69) is 13.8 Å². The molecule has 14 heavy (non-hydrogen) atoms. The fourth-order valence-corrected chi connectivity index (χ4v) is 6.95. The van der Waals surface area contributed by atoms with Gasteiger partial charge in [-0.1, -0.05) is 13.8 Å². The maximum atomic E-state index is 11.7. The summed E-state index contributed by atoms with van der Waals surface area (Å²) in [5, 5.41) is 0. The Morgan fingerprint density at radius 3 is 2.64 bits per heavy atom. The van der Waals surface area contributed by atoms with Gasteiger partial charge in [-0.15, -0.1) is 0 Å². The molecule has 4 atom stereocenters. The van der Waals surface area contributed by atoms with Gasteiger partial charge in [0.25, 0.3) is 0 Å². The lowest BCUT2D eigenvalue weighted by Crippen LogP contribution is -2.63. The van der Waals surface area contributed by atoms with Crippen LogP contribution in [0, 0.1) is 16.7 Å². The molecule has 0 aromatic carbocycles. The normalized spacial score (nSPS) is 64.1. The highest BCUT2D eigenvalue weighted by Crippen LogP contribution is 2.86. The van der Waals surface area contributed by atoms with Crippen LogP contribution in [0.15, 0.2) is 0 Å². The molecule has 3 saturated carbocycles. The van der Waals surface area contributed by atoms with Crippen molar-refractivity contribution >= 4 is 10.0 Å². The van der Waals surface area contributed by atoms with E-state index in [4.69, 9.17) is 4.84 Å². The van der Waals surface area contributed by atoms with Crippen molar-refractivity contribution in [2.75, 3.05) is 5.75 Å². The molecule has 2 heterocycles. The minimum absolute atomic E-state index is 0.0937. The molecule has 0 amide bonds. The third-order valence-electron chi connectivity index (χ3n) is 5.26. The van der Waals surface area contributed by atoms with Gasteiger partial charge in [0.1, 0.15) is 0 Å². The SMILES string of the molecule is CC1(C)C2CCC13CS(=O)(=O)N1OC213. The van der Waals surface area contributed by atoms with Crippen molar-refractivity contribution in [3.8, 4) is 0 Å². The van der Waals surface area contributed by atoms with Crippen LogP contribution >= 0.6 is 0 Å². The molecule has 2 bridgehead atoms. The Kier molecular flexibility index (Phi) is 0.911. The first-order valence-corrected chi connectivity index (χ1v) is 6.72. The molecule has 0 aromatic rings. The first kappa shape index (κ1) is 8.07. The molecule has 0 N–H and O–H groups in total. The zero-order valence-electron chi connectivity index (χ0n) is 8.28. The topological polar surface area (TPSA) is 49.7 Å². The van der Waals surface area contributed by atoms with Crippen LogP contribution in [-0.4, -0.2) is 24.4 Å². The maximum Gasteiger partial charge on any atom is 0.239 e. The number of hydroxylamine groups is 1. The van der Waals surface area contributed by atoms with Crippen LogP contribution in [0.1, 0.15) is 26.7 Å². The van der Waals surface area contributed by atoms with Crippen LogP contribution < -0.4 is 0 Å². The molecular formula is C9H13NO3S. The van der Waals surface area contributed by atoms with Crippen LogP contribution in [0.25, 0.3) is 0 Å². The Labute approximate surface area is 83.2 Å². The van der Waals surface area contributed by atoms with Gasteiger partial charge >= 0.3 is 0 Å². The van der Waals surface area contributed by atoms with E-state index < -0.39 is 10.0 Å². The van der Waals surface area contributed by atoms with Gasteiger partial charge in [0, 0.05) is 11.3 Å². The zero-order valence-corrected chi connectivity index (χ0v) is 9.10. The second-order valence-corrected chi connectivity index (χ2v) is 7.45. The van der Waals surface area contributed by atoms with Gasteiger partial charge in [-0.3, -0.25) is 4.84 Å². The number of sulfonamides is 1. The molecule has 0 radical (unpaired) electrons. The lowest BCUT2D eigenvalue weighted by Gasteiger charge is -2.55. The molecule has 2 saturated heterocycles. The van der Waals surface area contributed by atoms with Gasteiger partial charge in [-0.2, -0.15) is 0 Å². The van der Waals surface area contributed by atoms with Gasteiger partial charge in [-0.05, 0) is 22.7 Å². The highest BCUT2D eigenvalue weighted by molar-refractivity contribution is 7.89. The average molecular weight is 215 g/mol. The van der Waals surface area contributed by atoms with Crippen LogP contribution in [-0.2, 0) is 14.9 Å². The van der Waals surface area contributed by atoms with Gasteiger partial charge < -0.3 is 0 Å². The quantitative estimate of drug-likeness (QED) is 0.559. The Morgan fingerprint density at radius 2 is 2.14 bits per heavy atom. The van der Waals surface area contributed by atoms with Crippen molar-refractivity contribution in [2.45, 2.75) is 32.4 Å². The van der Waals surface area contributed by atoms with Crippen molar-refractivity contribution in [1.82, 2.24) is 4.47 Å². The summed E-state index contributed by atoms with van der Waals surface area (Å²) in [7, 11) is -3.10. The first-order valence-electron chi connectivity index (χ1n) is 5.11. The minimum Gasteiger partial charge on any atom is -0.254 e. The van der Waals surface area contributed by atoms with Crippen molar-refractivity contribution in [3.63, 3.8) is 0 Å². The lowest BCUT2D eigenvalue weighted by atomic mass is 9.47. The van der Waals surface area contributed by atoms with Crippen molar-refractivity contribution < 1.29 is 13.3 Å². The fourth-order valence-electron chi connectivity index (χ4n) is 4.54. The van der Waals surface area contributed by atoms with E-state index in [1.807, 2.05) is 0 Å². The predicted molar refractivity (Wildman–Crippen MR) is 48.4 cm³/mol. The van der Waals surface area contributed by atoms with Gasteiger partial charge in [-0.25, -0.2) is 8.42 Å². The Morgan fingerprint density at radius 1 is 1.43 bits per heavy atom. The molecule has 5 heteroatoms. The van der Waals surface area contributed by atoms with E-state index in [0.29, 0.717) is 11.7 Å². The molecule has 5 fully saturated rings. The molecule has 4 nitrogen and oxygen atoms in total. The molecule has 0 aromatic heterocycles. The van der Waals surface area contributed by atoms with Crippen LogP contribution in [0.4, 0.5) is 0 Å². The van der Waals surface area contributed by atoms with Gasteiger partial charge in [0.2, 0.25) is 10.0 Å². The third kappa shape index (κ3) is 0.434. The van der Waals surface area contributed by atoms with Crippen molar-refractivity contribution in [1.29, 1.82) is 0 Å². The average Bonchev–Trinajstić information content (AvgIpc) is 2.58. The summed E-state index contributed by atoms with van der Waals surface area (Å²) < 4.78 is 24.8. The number of hydrogen-bond acceptors (Lipinski definition) is 3. The molecule has 4 unspecified atom stereocenters. The Balaban J connectivity index is 1.99. The molecule has 2 aliphatic heterocycles. The summed E-state index contributed by atoms with van der Waals surface area (Å²) in [5.74, 6) is 0.732. The number of rotatable bonds is 0. The van der Waals surface area contributed by atoms with E-state index >= 15 is 0 Å². The summed E-state index contributed by atoms with van der Waals surface area (Å²) in [4.78, 5) is 5.41. The Hall–Kier alpha value is -0.130. The molecular weight excluding hydrogens is 202 g/mol. The van der Waals surface area contributed by atoms with Gasteiger partial charge in [0.05, 0.1) is 5.75 Å². The molecule has 78 valence electrons. The summed E-state index contributed by atoms with van der Waals surface area (Å²) in [5.41, 5.74) is -0.329. The van der Waals surface area contributed by atoms with E-state index in [-0.39, 0.29) is 16.6 Å². The summed E-state index contributed by atoms with van der Waals surface area (Å²) in [6.45, 7) is 4.38. The molecule has 5 aliphatic rings. The highest BCUT2D eigenvalue weighted by Gasteiger charge is 2.96. The lowest BCUT2D eigenvalue weighted by molar-refractivity contribution is -0.133. The number of nitrogens with zero attached hydrogens (tertiary/aromatic N) is 1. The standard InChI is InChI=1S/C9H13NO3S/c1-7(2)6-3-4-8(7)5-14(11,12)10-9(6,8)13-10/h6H,3-5H2,1-2H3. The van der Waals surface area contributed by atoms with E-state index in [1.54, 1.807) is 0 Å². The minimum atomic E-state index is -3.10. The predicted octanol–water partition coefficient (Wildman–Crippen LogP) is 0.710. The first-order chi connectivity index (χ1) is 6.39. The van der Waals surface area contributed by atoms with Crippen LogP contribution in [0.5, 0.6) is 0 Å². The summed E-state index contributed by atoms with van der Waals surface area (Å²) in [6, 6.07) is 0. The molecule has 2 spiro atoms. The molecule has 5 rings (SSSR count). The Bertz CT molecular complexity index is 457. The molecule has 3 aliphatic carbocycles. The second-order valence-electron chi connectivity index (χ2n) is 5.67. The highest BCUT2D eigenvalue weighted by atomic mass is 32.2. The maximum absolute atomic E-state index is 11.7. The van der Waals surface area contributed by atoms with Crippen molar-refractivity contribution in [3.05, 3.63) is 0 Å². The smallest absolute Gasteiger partial charge is 0.239 e. The monoisotopic (exact) mass is 215 g/mol. The summed E-state index contributed by atoms with van der Waals surface area (Å²) in [6.07, 6.45) is 2.14. The van der Waals surface area contributed by atoms with Gasteiger partial charge in [0.15, 0.2) is 5.72 Å². The summed E-state index contributed by atoms with van der Waals surface area (Å²) >= 11 is 0. The fraction of sp³-hybridized carbons (Fsp3) is 1.00. The van der Waals surface area contributed by atoms with Crippen LogP contribution in [0.2, 0.25) is 0 Å².